The maximum atomic E-state index is 4.46. The summed E-state index contributed by atoms with van der Waals surface area (Å²) in [6.07, 6.45) is 6.46. The number of hydrogen-bond acceptors (Lipinski definition) is 2. The topological polar surface area (TPSA) is 40.7 Å². The quantitative estimate of drug-likeness (QED) is 0.839. The van der Waals surface area contributed by atoms with E-state index in [0.29, 0.717) is 5.92 Å². The van der Waals surface area contributed by atoms with Crippen LogP contribution in [0.3, 0.4) is 0 Å². The molecule has 5 heteroatoms. The molecule has 0 atom stereocenters. The Morgan fingerprint density at radius 3 is 2.71 bits per heavy atom. The lowest BCUT2D eigenvalue weighted by atomic mass is 9.91. The Morgan fingerprint density at radius 1 is 1.18 bits per heavy atom. The third-order valence-corrected chi connectivity index (χ3v) is 3.24. The highest BCUT2D eigenvalue weighted by Crippen LogP contribution is 2.29. The molecule has 0 radical (unpaired) electrons. The summed E-state index contributed by atoms with van der Waals surface area (Å²) < 4.78 is 0. The van der Waals surface area contributed by atoms with Crippen molar-refractivity contribution in [2.45, 2.75) is 18.8 Å². The molecule has 1 aliphatic heterocycles. The minimum Gasteiger partial charge on any atom is -0.360 e. The Labute approximate surface area is 113 Å². The first-order chi connectivity index (χ1) is 7.45. The average Bonchev–Trinajstić information content (AvgIpc) is 2.74. The van der Waals surface area contributed by atoms with Gasteiger partial charge in [0.25, 0.3) is 0 Å². The van der Waals surface area contributed by atoms with Crippen molar-refractivity contribution < 1.29 is 0 Å². The Kier molecular flexibility index (Phi) is 5.25. The van der Waals surface area contributed by atoms with Crippen molar-refractivity contribution in [3.8, 4) is 0 Å². The van der Waals surface area contributed by atoms with E-state index in [9.17, 15) is 0 Å². The SMILES string of the molecule is Cl.Cl.c1cnc2c(C3CCNCC3)c[nH]c2c1. The molecule has 3 rings (SSSR count). The van der Waals surface area contributed by atoms with Crippen molar-refractivity contribution in [3.63, 3.8) is 0 Å². The molecule has 2 aromatic heterocycles. The Balaban J connectivity index is 0.000000722. The fourth-order valence-corrected chi connectivity index (χ4v) is 2.42. The Hall–Kier alpha value is -0.770. The molecular formula is C12H17Cl2N3. The van der Waals surface area contributed by atoms with Crippen LogP contribution in [-0.2, 0) is 0 Å². The molecule has 2 aromatic rings. The van der Waals surface area contributed by atoms with E-state index in [2.05, 4.69) is 27.5 Å². The summed E-state index contributed by atoms with van der Waals surface area (Å²) in [6.45, 7) is 2.26. The summed E-state index contributed by atoms with van der Waals surface area (Å²) in [5.74, 6) is 0.676. The highest BCUT2D eigenvalue weighted by molar-refractivity contribution is 5.85. The summed E-state index contributed by atoms with van der Waals surface area (Å²) in [7, 11) is 0. The molecule has 1 saturated heterocycles. The molecule has 0 bridgehead atoms. The molecule has 0 saturated carbocycles. The lowest BCUT2D eigenvalue weighted by molar-refractivity contribution is 0.462. The lowest BCUT2D eigenvalue weighted by Gasteiger charge is -2.21. The highest BCUT2D eigenvalue weighted by Gasteiger charge is 2.18. The van der Waals surface area contributed by atoms with E-state index in [1.165, 1.54) is 18.4 Å². The molecular weight excluding hydrogens is 257 g/mol. The average molecular weight is 274 g/mol. The van der Waals surface area contributed by atoms with E-state index in [0.717, 1.165) is 24.1 Å². The predicted octanol–water partition coefficient (Wildman–Crippen LogP) is 2.87. The van der Waals surface area contributed by atoms with Gasteiger partial charge in [-0.3, -0.25) is 4.98 Å². The number of aromatic amines is 1. The van der Waals surface area contributed by atoms with E-state index in [1.54, 1.807) is 0 Å². The summed E-state index contributed by atoms with van der Waals surface area (Å²) in [5, 5.41) is 3.39. The third kappa shape index (κ3) is 2.73. The first-order valence-electron chi connectivity index (χ1n) is 5.58. The van der Waals surface area contributed by atoms with E-state index >= 15 is 0 Å². The van der Waals surface area contributed by atoms with Gasteiger partial charge in [-0.05, 0) is 49.5 Å². The molecule has 3 heterocycles. The normalized spacial score (nSPS) is 16.2. The van der Waals surface area contributed by atoms with Gasteiger partial charge < -0.3 is 10.3 Å². The van der Waals surface area contributed by atoms with Crippen molar-refractivity contribution in [1.82, 2.24) is 15.3 Å². The van der Waals surface area contributed by atoms with Crippen LogP contribution in [0.25, 0.3) is 11.0 Å². The van der Waals surface area contributed by atoms with Crippen molar-refractivity contribution in [1.29, 1.82) is 0 Å². The zero-order chi connectivity index (χ0) is 10.1. The first-order valence-corrected chi connectivity index (χ1v) is 5.58. The van der Waals surface area contributed by atoms with E-state index in [4.69, 9.17) is 0 Å². The van der Waals surface area contributed by atoms with Gasteiger partial charge in [0.2, 0.25) is 0 Å². The second-order valence-corrected chi connectivity index (χ2v) is 4.17. The van der Waals surface area contributed by atoms with E-state index in [1.807, 2.05) is 12.3 Å². The number of piperidine rings is 1. The number of pyridine rings is 1. The summed E-state index contributed by atoms with van der Waals surface area (Å²) >= 11 is 0. The second-order valence-electron chi connectivity index (χ2n) is 4.17. The van der Waals surface area contributed by atoms with Crippen LogP contribution < -0.4 is 5.32 Å². The number of hydrogen-bond donors (Lipinski definition) is 2. The van der Waals surface area contributed by atoms with Crippen molar-refractivity contribution in [2.24, 2.45) is 0 Å². The number of halogens is 2. The molecule has 1 aliphatic rings. The van der Waals surface area contributed by atoms with Crippen molar-refractivity contribution in [3.05, 3.63) is 30.1 Å². The third-order valence-electron chi connectivity index (χ3n) is 3.24. The van der Waals surface area contributed by atoms with Crippen LogP contribution in [0.2, 0.25) is 0 Å². The smallest absolute Gasteiger partial charge is 0.0913 e. The minimum absolute atomic E-state index is 0. The summed E-state index contributed by atoms with van der Waals surface area (Å²) in [6, 6.07) is 4.07. The first kappa shape index (κ1) is 14.3. The molecule has 94 valence electrons. The zero-order valence-electron chi connectivity index (χ0n) is 9.48. The van der Waals surface area contributed by atoms with Gasteiger partial charge in [0.05, 0.1) is 11.0 Å². The Morgan fingerprint density at radius 2 is 1.94 bits per heavy atom. The number of fused-ring (bicyclic) bond motifs is 1. The van der Waals surface area contributed by atoms with E-state index in [-0.39, 0.29) is 24.8 Å². The Bertz CT molecular complexity index is 463. The molecule has 17 heavy (non-hydrogen) atoms. The zero-order valence-corrected chi connectivity index (χ0v) is 11.1. The summed E-state index contributed by atoms with van der Waals surface area (Å²) in [5.41, 5.74) is 3.71. The number of rotatable bonds is 1. The highest BCUT2D eigenvalue weighted by atomic mass is 35.5. The van der Waals surface area contributed by atoms with Crippen LogP contribution in [0, 0.1) is 0 Å². The minimum atomic E-state index is 0. The van der Waals surface area contributed by atoms with Crippen LogP contribution in [0.5, 0.6) is 0 Å². The second kappa shape index (κ2) is 6.24. The van der Waals surface area contributed by atoms with Crippen molar-refractivity contribution >= 4 is 35.8 Å². The van der Waals surface area contributed by atoms with Gasteiger partial charge in [-0.15, -0.1) is 24.8 Å². The van der Waals surface area contributed by atoms with Crippen LogP contribution in [0.4, 0.5) is 0 Å². The lowest BCUT2D eigenvalue weighted by Crippen LogP contribution is -2.26. The molecule has 0 spiro atoms. The number of nitrogens with zero attached hydrogens (tertiary/aromatic N) is 1. The van der Waals surface area contributed by atoms with Gasteiger partial charge in [-0.2, -0.15) is 0 Å². The fraction of sp³-hybridized carbons (Fsp3) is 0.417. The summed E-state index contributed by atoms with van der Waals surface area (Å²) in [4.78, 5) is 7.77. The molecule has 0 amide bonds. The van der Waals surface area contributed by atoms with Gasteiger partial charge in [0.1, 0.15) is 0 Å². The van der Waals surface area contributed by atoms with Gasteiger partial charge in [-0.1, -0.05) is 0 Å². The van der Waals surface area contributed by atoms with Crippen LogP contribution >= 0.6 is 24.8 Å². The van der Waals surface area contributed by atoms with Crippen LogP contribution in [-0.4, -0.2) is 23.1 Å². The van der Waals surface area contributed by atoms with Crippen LogP contribution in [0.1, 0.15) is 24.3 Å². The molecule has 1 fully saturated rings. The van der Waals surface area contributed by atoms with Gasteiger partial charge in [0, 0.05) is 12.4 Å². The largest absolute Gasteiger partial charge is 0.360 e. The maximum absolute atomic E-state index is 4.46. The maximum Gasteiger partial charge on any atom is 0.0913 e. The number of H-pyrrole nitrogens is 1. The van der Waals surface area contributed by atoms with Gasteiger partial charge in [-0.25, -0.2) is 0 Å². The molecule has 0 aromatic carbocycles. The monoisotopic (exact) mass is 273 g/mol. The van der Waals surface area contributed by atoms with Crippen molar-refractivity contribution in [2.75, 3.05) is 13.1 Å². The molecule has 2 N–H and O–H groups in total. The molecule has 0 aliphatic carbocycles. The predicted molar refractivity (Wildman–Crippen MR) is 75.4 cm³/mol. The van der Waals surface area contributed by atoms with E-state index < -0.39 is 0 Å². The van der Waals surface area contributed by atoms with Crippen LogP contribution in [0.15, 0.2) is 24.5 Å². The van der Waals surface area contributed by atoms with Gasteiger partial charge in [0.15, 0.2) is 0 Å². The molecule has 0 unspecified atom stereocenters. The molecule has 3 nitrogen and oxygen atoms in total. The number of aromatic nitrogens is 2. The standard InChI is InChI=1S/C12H15N3.2ClH/c1-2-11-12(14-5-1)10(8-15-11)9-3-6-13-7-4-9;;/h1-2,5,8-9,13,15H,3-4,6-7H2;2*1H. The number of nitrogens with one attached hydrogen (secondary N) is 2. The fourth-order valence-electron chi connectivity index (χ4n) is 2.42. The van der Waals surface area contributed by atoms with Gasteiger partial charge >= 0.3 is 0 Å².